The second-order valence-electron chi connectivity index (χ2n) is 5.44. The summed E-state index contributed by atoms with van der Waals surface area (Å²) < 4.78 is 53.1. The van der Waals surface area contributed by atoms with Gasteiger partial charge in [-0.05, 0) is 42.8 Å². The molecule has 0 saturated carbocycles. The van der Waals surface area contributed by atoms with Crippen LogP contribution in [0.2, 0.25) is 10.0 Å². The molecule has 0 amide bonds. The van der Waals surface area contributed by atoms with Gasteiger partial charge in [0.15, 0.2) is 0 Å². The highest BCUT2D eigenvalue weighted by molar-refractivity contribution is 7.93. The monoisotopic (exact) mass is 422 g/mol. The molecule has 0 aliphatic rings. The zero-order valence-electron chi connectivity index (χ0n) is 13.6. The van der Waals surface area contributed by atoms with Gasteiger partial charge in [0.05, 0.1) is 15.6 Å². The first-order valence-corrected chi connectivity index (χ1v) is 10.6. The van der Waals surface area contributed by atoms with E-state index in [4.69, 9.17) is 23.2 Å². The Morgan fingerprint density at radius 2 is 1.60 bits per heavy atom. The van der Waals surface area contributed by atoms with E-state index in [9.17, 15) is 16.8 Å². The molecule has 0 aliphatic carbocycles. The number of anilines is 1. The van der Waals surface area contributed by atoms with Crippen molar-refractivity contribution in [1.82, 2.24) is 4.31 Å². The van der Waals surface area contributed by atoms with E-state index in [1.807, 2.05) is 0 Å². The number of hydrogen-bond donors (Lipinski definition) is 1. The van der Waals surface area contributed by atoms with Crippen LogP contribution in [0, 0.1) is 6.92 Å². The van der Waals surface area contributed by atoms with Crippen molar-refractivity contribution >= 4 is 48.9 Å². The van der Waals surface area contributed by atoms with E-state index in [0.29, 0.717) is 5.56 Å². The number of aryl methyl sites for hydroxylation is 1. The van der Waals surface area contributed by atoms with Gasteiger partial charge in [0.25, 0.3) is 10.0 Å². The average Bonchev–Trinajstić information content (AvgIpc) is 2.51. The van der Waals surface area contributed by atoms with Crippen molar-refractivity contribution in [2.24, 2.45) is 0 Å². The number of halogens is 2. The molecule has 0 aromatic heterocycles. The van der Waals surface area contributed by atoms with Crippen molar-refractivity contribution in [2.45, 2.75) is 16.7 Å². The Hall–Kier alpha value is -1.32. The number of benzene rings is 2. The first-order chi connectivity index (χ1) is 11.4. The SMILES string of the molecule is Cc1ccc(S(=O)(=O)N(C)C)cc1NS(=O)(=O)c1cc(Cl)ccc1Cl. The molecule has 0 aliphatic heterocycles. The van der Waals surface area contributed by atoms with Gasteiger partial charge in [0, 0.05) is 19.1 Å². The van der Waals surface area contributed by atoms with E-state index in [-0.39, 0.29) is 25.5 Å². The normalized spacial score (nSPS) is 12.4. The molecule has 2 rings (SSSR count). The van der Waals surface area contributed by atoms with Crippen LogP contribution >= 0.6 is 23.2 Å². The summed E-state index contributed by atoms with van der Waals surface area (Å²) >= 11 is 11.8. The minimum absolute atomic E-state index is 0.00613. The molecular weight excluding hydrogens is 407 g/mol. The minimum Gasteiger partial charge on any atom is -0.279 e. The summed E-state index contributed by atoms with van der Waals surface area (Å²) in [5, 5.41) is 0.219. The highest BCUT2D eigenvalue weighted by Gasteiger charge is 2.22. The number of nitrogens with one attached hydrogen (secondary N) is 1. The van der Waals surface area contributed by atoms with Gasteiger partial charge in [-0.15, -0.1) is 0 Å². The van der Waals surface area contributed by atoms with E-state index in [1.54, 1.807) is 6.92 Å². The van der Waals surface area contributed by atoms with Crippen molar-refractivity contribution in [3.8, 4) is 0 Å². The van der Waals surface area contributed by atoms with E-state index in [1.165, 1.54) is 50.5 Å². The quantitative estimate of drug-likeness (QED) is 0.800. The average molecular weight is 423 g/mol. The first-order valence-electron chi connectivity index (χ1n) is 6.96. The van der Waals surface area contributed by atoms with Crippen LogP contribution in [0.15, 0.2) is 46.2 Å². The molecule has 0 atom stereocenters. The van der Waals surface area contributed by atoms with Crippen LogP contribution in [0.4, 0.5) is 5.69 Å². The summed E-state index contributed by atoms with van der Waals surface area (Å²) in [6, 6.07) is 8.27. The van der Waals surface area contributed by atoms with Gasteiger partial charge in [0.2, 0.25) is 10.0 Å². The summed E-state index contributed by atoms with van der Waals surface area (Å²) in [6.07, 6.45) is 0. The molecule has 0 saturated heterocycles. The molecule has 2 aromatic rings. The molecule has 25 heavy (non-hydrogen) atoms. The zero-order chi connectivity index (χ0) is 19.0. The fraction of sp³-hybridized carbons (Fsp3) is 0.200. The lowest BCUT2D eigenvalue weighted by Gasteiger charge is -2.15. The lowest BCUT2D eigenvalue weighted by molar-refractivity contribution is 0.520. The topological polar surface area (TPSA) is 83.6 Å². The Bertz CT molecular complexity index is 1020. The van der Waals surface area contributed by atoms with Gasteiger partial charge >= 0.3 is 0 Å². The van der Waals surface area contributed by atoms with Gasteiger partial charge in [0.1, 0.15) is 4.90 Å². The van der Waals surface area contributed by atoms with Crippen molar-refractivity contribution in [3.63, 3.8) is 0 Å². The molecule has 0 heterocycles. The van der Waals surface area contributed by atoms with Crippen LogP contribution in [-0.4, -0.2) is 35.2 Å². The molecule has 2 aromatic carbocycles. The number of sulfonamides is 2. The van der Waals surface area contributed by atoms with Crippen LogP contribution in [-0.2, 0) is 20.0 Å². The molecule has 1 N–H and O–H groups in total. The van der Waals surface area contributed by atoms with Gasteiger partial charge in [-0.1, -0.05) is 29.3 Å². The Labute approximate surface area is 157 Å². The third kappa shape index (κ3) is 4.27. The number of hydrogen-bond acceptors (Lipinski definition) is 4. The predicted octanol–water partition coefficient (Wildman–Crippen LogP) is 3.35. The Morgan fingerprint density at radius 1 is 0.960 bits per heavy atom. The summed E-state index contributed by atoms with van der Waals surface area (Å²) in [6.45, 7) is 1.66. The fourth-order valence-electron chi connectivity index (χ4n) is 1.97. The van der Waals surface area contributed by atoms with Gasteiger partial charge < -0.3 is 0 Å². The van der Waals surface area contributed by atoms with Crippen LogP contribution in [0.5, 0.6) is 0 Å². The Morgan fingerprint density at radius 3 is 2.20 bits per heavy atom. The fourth-order valence-corrected chi connectivity index (χ4v) is 4.78. The van der Waals surface area contributed by atoms with Gasteiger partial charge in [-0.3, -0.25) is 4.72 Å². The third-order valence-corrected chi connectivity index (χ3v) is 7.31. The molecule has 0 radical (unpaired) electrons. The molecule has 136 valence electrons. The van der Waals surface area contributed by atoms with Crippen molar-refractivity contribution < 1.29 is 16.8 Å². The van der Waals surface area contributed by atoms with E-state index in [0.717, 1.165) is 4.31 Å². The number of nitrogens with zero attached hydrogens (tertiary/aromatic N) is 1. The minimum atomic E-state index is -4.05. The zero-order valence-corrected chi connectivity index (χ0v) is 16.8. The Kier molecular flexibility index (Phi) is 5.70. The van der Waals surface area contributed by atoms with Gasteiger partial charge in [-0.2, -0.15) is 0 Å². The van der Waals surface area contributed by atoms with E-state index >= 15 is 0 Å². The molecule has 0 unspecified atom stereocenters. The second kappa shape index (κ2) is 7.13. The maximum absolute atomic E-state index is 12.6. The van der Waals surface area contributed by atoms with E-state index < -0.39 is 20.0 Å². The summed E-state index contributed by atoms with van der Waals surface area (Å²) in [7, 11) is -4.96. The van der Waals surface area contributed by atoms with Gasteiger partial charge in [-0.25, -0.2) is 21.1 Å². The maximum atomic E-state index is 12.6. The highest BCUT2D eigenvalue weighted by atomic mass is 35.5. The maximum Gasteiger partial charge on any atom is 0.263 e. The standard InChI is InChI=1S/C15H16Cl2N2O4S2/c1-10-4-6-12(25(22,23)19(2)3)9-14(10)18-24(20,21)15-8-11(16)5-7-13(15)17/h4-9,18H,1-3H3. The predicted molar refractivity (Wildman–Crippen MR) is 99.3 cm³/mol. The molecule has 6 nitrogen and oxygen atoms in total. The number of rotatable bonds is 5. The van der Waals surface area contributed by atoms with E-state index in [2.05, 4.69) is 4.72 Å². The lowest BCUT2D eigenvalue weighted by Crippen LogP contribution is -2.22. The summed E-state index contributed by atoms with van der Waals surface area (Å²) in [5.74, 6) is 0. The Balaban J connectivity index is 2.51. The molecule has 0 fully saturated rings. The highest BCUT2D eigenvalue weighted by Crippen LogP contribution is 2.29. The smallest absolute Gasteiger partial charge is 0.263 e. The first kappa shape index (κ1) is 20.0. The lowest BCUT2D eigenvalue weighted by atomic mass is 10.2. The van der Waals surface area contributed by atoms with Crippen LogP contribution < -0.4 is 4.72 Å². The summed E-state index contributed by atoms with van der Waals surface area (Å²) in [4.78, 5) is -0.222. The molecule has 0 spiro atoms. The molecule has 0 bridgehead atoms. The second-order valence-corrected chi connectivity index (χ2v) is 10.1. The van der Waals surface area contributed by atoms with Crippen LogP contribution in [0.1, 0.15) is 5.56 Å². The molecule has 10 heteroatoms. The van der Waals surface area contributed by atoms with Crippen LogP contribution in [0.3, 0.4) is 0 Å². The van der Waals surface area contributed by atoms with Crippen molar-refractivity contribution in [1.29, 1.82) is 0 Å². The van der Waals surface area contributed by atoms with Crippen molar-refractivity contribution in [2.75, 3.05) is 18.8 Å². The largest absolute Gasteiger partial charge is 0.279 e. The molecular formula is C15H16Cl2N2O4S2. The third-order valence-electron chi connectivity index (χ3n) is 3.41. The van der Waals surface area contributed by atoms with Crippen LogP contribution in [0.25, 0.3) is 0 Å². The summed E-state index contributed by atoms with van der Waals surface area (Å²) in [5.41, 5.74) is 0.693. The van der Waals surface area contributed by atoms with Crippen molar-refractivity contribution in [3.05, 3.63) is 52.0 Å².